The molecule has 7 nitrogen and oxygen atoms in total. The van der Waals surface area contributed by atoms with Crippen molar-refractivity contribution >= 4 is 22.6 Å². The maximum absolute atomic E-state index is 13.6. The highest BCUT2D eigenvalue weighted by Crippen LogP contribution is 2.27. The Labute approximate surface area is 205 Å². The Bertz CT molecular complexity index is 1300. The van der Waals surface area contributed by atoms with Crippen LogP contribution in [0, 0.1) is 0 Å². The number of anilines is 1. The molecule has 0 bridgehead atoms. The highest BCUT2D eigenvalue weighted by molar-refractivity contribution is 5.94. The van der Waals surface area contributed by atoms with Gasteiger partial charge in [-0.15, -0.1) is 0 Å². The summed E-state index contributed by atoms with van der Waals surface area (Å²) in [6, 6.07) is 20.7. The average Bonchev–Trinajstić information content (AvgIpc) is 3.49. The van der Waals surface area contributed by atoms with E-state index in [-0.39, 0.29) is 5.91 Å². The molecule has 0 radical (unpaired) electrons. The molecule has 0 N–H and O–H groups in total. The van der Waals surface area contributed by atoms with Crippen LogP contribution in [0.4, 0.5) is 5.69 Å². The van der Waals surface area contributed by atoms with Crippen LogP contribution in [0.3, 0.4) is 0 Å². The van der Waals surface area contributed by atoms with Crippen LogP contribution in [0.1, 0.15) is 34.4 Å². The van der Waals surface area contributed by atoms with E-state index < -0.39 is 0 Å². The van der Waals surface area contributed by atoms with Gasteiger partial charge in [-0.05, 0) is 31.2 Å². The van der Waals surface area contributed by atoms with Crippen LogP contribution in [0.25, 0.3) is 11.0 Å². The highest BCUT2D eigenvalue weighted by atomic mass is 16.3. The molecule has 7 heteroatoms. The first kappa shape index (κ1) is 21.9. The number of nitrogens with zero attached hydrogens (tertiary/aromatic N) is 5. The average molecular weight is 470 g/mol. The molecule has 1 amide bonds. The van der Waals surface area contributed by atoms with Gasteiger partial charge in [-0.25, -0.2) is 0 Å². The molecule has 1 saturated heterocycles. The highest BCUT2D eigenvalue weighted by Gasteiger charge is 2.31. The Morgan fingerprint density at radius 2 is 1.74 bits per heavy atom. The fraction of sp³-hybridized carbons (Fsp3) is 0.357. The number of fused-ring (bicyclic) bond motifs is 2. The van der Waals surface area contributed by atoms with E-state index in [4.69, 9.17) is 9.52 Å². The Balaban J connectivity index is 1.18. The van der Waals surface area contributed by atoms with Crippen LogP contribution in [-0.2, 0) is 26.1 Å². The summed E-state index contributed by atoms with van der Waals surface area (Å²) in [6.45, 7) is 8.36. The van der Waals surface area contributed by atoms with Crippen LogP contribution in [0.2, 0.25) is 0 Å². The molecule has 2 aliphatic heterocycles. The molecule has 6 rings (SSSR count). The fourth-order valence-electron chi connectivity index (χ4n) is 5.41. The summed E-state index contributed by atoms with van der Waals surface area (Å²) in [4.78, 5) is 20.3. The maximum atomic E-state index is 13.6. The van der Waals surface area contributed by atoms with Gasteiger partial charge < -0.3 is 14.2 Å². The number of hydrogen-bond donors (Lipinski definition) is 0. The lowest BCUT2D eigenvalue weighted by atomic mass is 10.0. The fourth-order valence-corrected chi connectivity index (χ4v) is 5.41. The Morgan fingerprint density at radius 3 is 2.51 bits per heavy atom. The Hall–Kier alpha value is -3.58. The monoisotopic (exact) mass is 469 g/mol. The number of aryl methyl sites for hydroxylation is 1. The van der Waals surface area contributed by atoms with Gasteiger partial charge in [0, 0.05) is 74.6 Å². The Morgan fingerprint density at radius 1 is 0.971 bits per heavy atom. The van der Waals surface area contributed by atoms with Crippen molar-refractivity contribution in [3.63, 3.8) is 0 Å². The van der Waals surface area contributed by atoms with Gasteiger partial charge in [-0.1, -0.05) is 36.4 Å². The molecule has 2 aliphatic rings. The number of benzene rings is 2. The minimum absolute atomic E-state index is 0.0618. The van der Waals surface area contributed by atoms with Gasteiger partial charge in [0.05, 0.1) is 6.54 Å². The number of carbonyl (C=O) groups is 1. The first-order valence-corrected chi connectivity index (χ1v) is 12.6. The van der Waals surface area contributed by atoms with E-state index in [1.807, 2.05) is 33.8 Å². The van der Waals surface area contributed by atoms with Crippen molar-refractivity contribution in [2.24, 2.45) is 0 Å². The van der Waals surface area contributed by atoms with Crippen molar-refractivity contribution in [3.05, 3.63) is 83.4 Å². The van der Waals surface area contributed by atoms with E-state index in [2.05, 4.69) is 53.1 Å². The van der Waals surface area contributed by atoms with Gasteiger partial charge in [0.15, 0.2) is 5.69 Å². The minimum atomic E-state index is 0.0618. The van der Waals surface area contributed by atoms with Crippen LogP contribution in [0.5, 0.6) is 0 Å². The topological polar surface area (TPSA) is 57.8 Å². The third-order valence-electron chi connectivity index (χ3n) is 7.26. The quantitative estimate of drug-likeness (QED) is 0.439. The van der Waals surface area contributed by atoms with Crippen molar-refractivity contribution in [1.82, 2.24) is 19.6 Å². The van der Waals surface area contributed by atoms with E-state index >= 15 is 0 Å². The van der Waals surface area contributed by atoms with E-state index in [1.54, 1.807) is 0 Å². The molecule has 2 aromatic carbocycles. The zero-order chi connectivity index (χ0) is 23.8. The van der Waals surface area contributed by atoms with Crippen molar-refractivity contribution < 1.29 is 9.21 Å². The number of piperazine rings is 1. The normalized spacial score (nSPS) is 16.6. The third-order valence-corrected chi connectivity index (χ3v) is 7.26. The molecule has 35 heavy (non-hydrogen) atoms. The van der Waals surface area contributed by atoms with Crippen LogP contribution >= 0.6 is 0 Å². The van der Waals surface area contributed by atoms with Crippen LogP contribution in [0.15, 0.2) is 65.1 Å². The lowest BCUT2D eigenvalue weighted by molar-refractivity contribution is 0.0737. The second kappa shape index (κ2) is 9.23. The molecule has 0 atom stereocenters. The van der Waals surface area contributed by atoms with Crippen LogP contribution < -0.4 is 4.90 Å². The number of carbonyl (C=O) groups excluding carboxylic acids is 1. The zero-order valence-electron chi connectivity index (χ0n) is 20.2. The molecule has 2 aromatic heterocycles. The third kappa shape index (κ3) is 4.21. The van der Waals surface area contributed by atoms with Gasteiger partial charge in [-0.3, -0.25) is 14.4 Å². The largest absolute Gasteiger partial charge is 0.460 e. The number of para-hydroxylation sites is 2. The van der Waals surface area contributed by atoms with Gasteiger partial charge >= 0.3 is 0 Å². The van der Waals surface area contributed by atoms with E-state index in [0.717, 1.165) is 68.0 Å². The van der Waals surface area contributed by atoms with Gasteiger partial charge in [0.1, 0.15) is 11.3 Å². The van der Waals surface area contributed by atoms with E-state index in [1.165, 1.54) is 11.4 Å². The second-order valence-corrected chi connectivity index (χ2v) is 9.42. The van der Waals surface area contributed by atoms with Crippen molar-refractivity contribution in [1.29, 1.82) is 0 Å². The first-order chi connectivity index (χ1) is 17.2. The molecule has 4 aromatic rings. The number of hydrogen-bond acceptors (Lipinski definition) is 5. The van der Waals surface area contributed by atoms with Crippen LogP contribution in [-0.4, -0.2) is 58.2 Å². The Kier molecular flexibility index (Phi) is 5.78. The number of amides is 1. The molecular formula is C28H31N5O2. The zero-order valence-corrected chi connectivity index (χ0v) is 20.2. The standard InChI is InChI=1S/C28H31N5O2/c1-2-33-25-12-13-30(19-23-18-21-8-6-7-11-26(21)35-23)20-24(25)27(29-33)28(34)32-16-14-31(15-17-32)22-9-4-3-5-10-22/h3-11,18H,2,12-17,19-20H2,1H3. The SMILES string of the molecule is CCn1nc(C(=O)N2CCN(c3ccccc3)CC2)c2c1CCN(Cc1cc3ccccc3o1)C2. The molecule has 0 spiro atoms. The number of aromatic nitrogens is 2. The van der Waals surface area contributed by atoms with Gasteiger partial charge in [0.25, 0.3) is 5.91 Å². The molecule has 180 valence electrons. The summed E-state index contributed by atoms with van der Waals surface area (Å²) < 4.78 is 8.09. The summed E-state index contributed by atoms with van der Waals surface area (Å²) >= 11 is 0. The van der Waals surface area contributed by atoms with Gasteiger partial charge in [0.2, 0.25) is 0 Å². The van der Waals surface area contributed by atoms with Crippen molar-refractivity contribution in [2.45, 2.75) is 33.0 Å². The summed E-state index contributed by atoms with van der Waals surface area (Å²) in [5.74, 6) is 1.02. The van der Waals surface area contributed by atoms with Crippen molar-refractivity contribution in [2.75, 3.05) is 37.6 Å². The first-order valence-electron chi connectivity index (χ1n) is 12.6. The van der Waals surface area contributed by atoms with Crippen molar-refractivity contribution in [3.8, 4) is 0 Å². The second-order valence-electron chi connectivity index (χ2n) is 9.42. The summed E-state index contributed by atoms with van der Waals surface area (Å²) in [5.41, 5.74) is 5.06. The molecular weight excluding hydrogens is 438 g/mol. The molecule has 0 saturated carbocycles. The van der Waals surface area contributed by atoms with E-state index in [9.17, 15) is 4.79 Å². The molecule has 0 aliphatic carbocycles. The number of furan rings is 1. The minimum Gasteiger partial charge on any atom is -0.460 e. The molecule has 1 fully saturated rings. The maximum Gasteiger partial charge on any atom is 0.274 e. The predicted molar refractivity (Wildman–Crippen MR) is 136 cm³/mol. The summed E-state index contributed by atoms with van der Waals surface area (Å²) in [7, 11) is 0. The van der Waals surface area contributed by atoms with E-state index in [0.29, 0.717) is 18.8 Å². The lowest BCUT2D eigenvalue weighted by Gasteiger charge is -2.36. The summed E-state index contributed by atoms with van der Waals surface area (Å²) in [5, 5.41) is 5.93. The van der Waals surface area contributed by atoms with Gasteiger partial charge in [-0.2, -0.15) is 5.10 Å². The molecule has 4 heterocycles. The molecule has 0 unspecified atom stereocenters. The predicted octanol–water partition coefficient (Wildman–Crippen LogP) is 4.17. The summed E-state index contributed by atoms with van der Waals surface area (Å²) in [6.07, 6.45) is 0.894. The number of rotatable bonds is 5. The smallest absolute Gasteiger partial charge is 0.274 e. The lowest BCUT2D eigenvalue weighted by Crippen LogP contribution is -2.49.